The monoisotopic (exact) mass is 384 g/mol. The maximum atomic E-state index is 13.5. The van der Waals surface area contributed by atoms with Crippen LogP contribution in [0, 0.1) is 5.82 Å². The van der Waals surface area contributed by atoms with Gasteiger partial charge >= 0.3 is 0 Å². The Balaban J connectivity index is 1.67. The molecule has 28 heavy (non-hydrogen) atoms. The van der Waals surface area contributed by atoms with Crippen LogP contribution in [0.3, 0.4) is 0 Å². The lowest BCUT2D eigenvalue weighted by Gasteiger charge is -2.41. The summed E-state index contributed by atoms with van der Waals surface area (Å²) in [5.41, 5.74) is 3.14. The van der Waals surface area contributed by atoms with E-state index in [1.54, 1.807) is 19.2 Å². The minimum Gasteiger partial charge on any atom is -0.389 e. The third-order valence-electron chi connectivity index (χ3n) is 5.80. The quantitative estimate of drug-likeness (QED) is 0.850. The van der Waals surface area contributed by atoms with Crippen LogP contribution < -0.4 is 5.32 Å². The van der Waals surface area contributed by atoms with E-state index in [1.807, 2.05) is 23.1 Å². The highest BCUT2D eigenvalue weighted by Crippen LogP contribution is 2.36. The number of aliphatic hydroxyl groups is 1. The van der Waals surface area contributed by atoms with Crippen LogP contribution in [0.2, 0.25) is 0 Å². The normalized spacial score (nSPS) is 27.3. The third-order valence-corrected chi connectivity index (χ3v) is 5.80. The Bertz CT molecular complexity index is 842. The zero-order valence-corrected chi connectivity index (χ0v) is 15.8. The number of hydrogen-bond acceptors (Lipinski definition) is 4. The van der Waals surface area contributed by atoms with Gasteiger partial charge in [-0.15, -0.1) is 0 Å². The van der Waals surface area contributed by atoms with E-state index in [1.165, 1.54) is 17.7 Å². The summed E-state index contributed by atoms with van der Waals surface area (Å²) in [5.74, 6) is -0.386. The molecular formula is C22H25FN2O3. The number of benzene rings is 2. The van der Waals surface area contributed by atoms with Gasteiger partial charge in [0, 0.05) is 19.0 Å². The molecule has 2 aromatic carbocycles. The van der Waals surface area contributed by atoms with Crippen molar-refractivity contribution in [1.29, 1.82) is 0 Å². The van der Waals surface area contributed by atoms with E-state index in [0.717, 1.165) is 17.5 Å². The van der Waals surface area contributed by atoms with Crippen molar-refractivity contribution in [3.8, 4) is 0 Å². The van der Waals surface area contributed by atoms with Gasteiger partial charge in [-0.3, -0.25) is 4.79 Å². The third kappa shape index (κ3) is 3.55. The number of likely N-dealkylation sites (N-methyl/N-ethyl adjacent to an activating group) is 1. The van der Waals surface area contributed by atoms with E-state index in [9.17, 15) is 14.3 Å². The standard InChI is InChI=1S/C22H25FN2O3/c1-24-18-12-20(28-13-19(18)26)22(27)25-11-10-14-4-2-3-5-17(14)21(25)15-6-8-16(23)9-7-15/h2-9,18-21,24,26H,10-13H2,1H3/t18-,19-,20+,21-/m0/s1. The zero-order chi connectivity index (χ0) is 19.7. The van der Waals surface area contributed by atoms with E-state index in [4.69, 9.17) is 4.74 Å². The Morgan fingerprint density at radius 2 is 1.96 bits per heavy atom. The molecule has 1 saturated heterocycles. The van der Waals surface area contributed by atoms with Crippen LogP contribution in [0.1, 0.15) is 29.2 Å². The van der Waals surface area contributed by atoms with E-state index in [0.29, 0.717) is 13.0 Å². The van der Waals surface area contributed by atoms with Gasteiger partial charge in [-0.25, -0.2) is 4.39 Å². The smallest absolute Gasteiger partial charge is 0.252 e. The Morgan fingerprint density at radius 1 is 1.21 bits per heavy atom. The Kier molecular flexibility index (Phi) is 5.44. The van der Waals surface area contributed by atoms with E-state index >= 15 is 0 Å². The summed E-state index contributed by atoms with van der Waals surface area (Å²) in [6.07, 6.45) is -0.0343. The summed E-state index contributed by atoms with van der Waals surface area (Å²) in [6.45, 7) is 0.706. The molecule has 4 rings (SSSR count). The Morgan fingerprint density at radius 3 is 2.71 bits per heavy atom. The summed E-state index contributed by atoms with van der Waals surface area (Å²) in [5, 5.41) is 13.1. The summed E-state index contributed by atoms with van der Waals surface area (Å²) in [4.78, 5) is 15.2. The second kappa shape index (κ2) is 7.99. The molecule has 0 bridgehead atoms. The van der Waals surface area contributed by atoms with Crippen LogP contribution in [-0.2, 0) is 16.0 Å². The number of aliphatic hydroxyl groups excluding tert-OH is 1. The first-order valence-corrected chi connectivity index (χ1v) is 9.69. The highest BCUT2D eigenvalue weighted by molar-refractivity contribution is 5.82. The molecule has 6 heteroatoms. The number of amides is 1. The lowest BCUT2D eigenvalue weighted by molar-refractivity contribution is -0.155. The number of hydrogen-bond donors (Lipinski definition) is 2. The molecule has 5 nitrogen and oxygen atoms in total. The number of fused-ring (bicyclic) bond motifs is 1. The molecule has 2 aliphatic rings. The molecule has 148 valence electrons. The van der Waals surface area contributed by atoms with Crippen molar-refractivity contribution in [3.63, 3.8) is 0 Å². The molecule has 0 spiro atoms. The highest BCUT2D eigenvalue weighted by atomic mass is 19.1. The van der Waals surface area contributed by atoms with Gasteiger partial charge in [-0.05, 0) is 42.3 Å². The first kappa shape index (κ1) is 19.1. The van der Waals surface area contributed by atoms with Gasteiger partial charge in [-0.2, -0.15) is 0 Å². The molecule has 2 heterocycles. The van der Waals surface area contributed by atoms with E-state index < -0.39 is 12.2 Å². The average molecular weight is 384 g/mol. The predicted octanol–water partition coefficient (Wildman–Crippen LogP) is 2.04. The Labute approximate surface area is 164 Å². The van der Waals surface area contributed by atoms with Gasteiger partial charge in [0.25, 0.3) is 5.91 Å². The van der Waals surface area contributed by atoms with Crippen LogP contribution in [0.15, 0.2) is 48.5 Å². The van der Waals surface area contributed by atoms with Crippen molar-refractivity contribution >= 4 is 5.91 Å². The summed E-state index contributed by atoms with van der Waals surface area (Å²) >= 11 is 0. The summed E-state index contributed by atoms with van der Waals surface area (Å²) in [6, 6.07) is 14.0. The number of halogens is 1. The van der Waals surface area contributed by atoms with Gasteiger partial charge in [0.15, 0.2) is 0 Å². The largest absolute Gasteiger partial charge is 0.389 e. The Hall–Kier alpha value is -2.28. The lowest BCUT2D eigenvalue weighted by atomic mass is 9.87. The first-order valence-electron chi connectivity index (χ1n) is 9.69. The van der Waals surface area contributed by atoms with Crippen LogP contribution in [0.4, 0.5) is 4.39 Å². The van der Waals surface area contributed by atoms with E-state index in [2.05, 4.69) is 11.4 Å². The second-order valence-corrected chi connectivity index (χ2v) is 7.45. The molecule has 4 atom stereocenters. The van der Waals surface area contributed by atoms with Crippen LogP contribution in [0.5, 0.6) is 0 Å². The molecule has 2 N–H and O–H groups in total. The maximum absolute atomic E-state index is 13.5. The number of carbonyl (C=O) groups is 1. The summed E-state index contributed by atoms with van der Waals surface area (Å²) < 4.78 is 19.2. The molecular weight excluding hydrogens is 359 g/mol. The van der Waals surface area contributed by atoms with Crippen LogP contribution >= 0.6 is 0 Å². The van der Waals surface area contributed by atoms with Crippen molar-refractivity contribution in [2.24, 2.45) is 0 Å². The van der Waals surface area contributed by atoms with E-state index in [-0.39, 0.29) is 30.4 Å². The van der Waals surface area contributed by atoms with Crippen LogP contribution in [0.25, 0.3) is 0 Å². The second-order valence-electron chi connectivity index (χ2n) is 7.45. The van der Waals surface area contributed by atoms with Crippen molar-refractivity contribution in [1.82, 2.24) is 10.2 Å². The fraction of sp³-hybridized carbons (Fsp3) is 0.409. The number of rotatable bonds is 3. The molecule has 1 amide bonds. The molecule has 0 unspecified atom stereocenters. The zero-order valence-electron chi connectivity index (χ0n) is 15.8. The van der Waals surface area contributed by atoms with Gasteiger partial charge in [0.05, 0.1) is 18.8 Å². The predicted molar refractivity (Wildman–Crippen MR) is 103 cm³/mol. The molecule has 0 radical (unpaired) electrons. The van der Waals surface area contributed by atoms with Gasteiger partial charge in [0.1, 0.15) is 11.9 Å². The van der Waals surface area contributed by atoms with Gasteiger partial charge < -0.3 is 20.1 Å². The van der Waals surface area contributed by atoms with Crippen LogP contribution in [-0.4, -0.2) is 54.4 Å². The summed E-state index contributed by atoms with van der Waals surface area (Å²) in [7, 11) is 1.78. The number of carbonyl (C=O) groups excluding carboxylic acids is 1. The molecule has 2 aromatic rings. The minimum absolute atomic E-state index is 0.0871. The van der Waals surface area contributed by atoms with Crippen molar-refractivity contribution in [2.75, 3.05) is 20.2 Å². The minimum atomic E-state index is -0.621. The highest BCUT2D eigenvalue weighted by Gasteiger charge is 2.39. The lowest BCUT2D eigenvalue weighted by Crippen LogP contribution is -2.54. The molecule has 0 saturated carbocycles. The maximum Gasteiger partial charge on any atom is 0.252 e. The average Bonchev–Trinajstić information content (AvgIpc) is 2.73. The molecule has 1 fully saturated rings. The first-order chi connectivity index (χ1) is 13.6. The fourth-order valence-corrected chi connectivity index (χ4v) is 4.26. The number of nitrogens with one attached hydrogen (secondary N) is 1. The fourth-order valence-electron chi connectivity index (χ4n) is 4.26. The van der Waals surface area contributed by atoms with Crippen molar-refractivity contribution in [3.05, 3.63) is 71.0 Å². The molecule has 0 aromatic heterocycles. The van der Waals surface area contributed by atoms with Crippen molar-refractivity contribution < 1.29 is 19.0 Å². The topological polar surface area (TPSA) is 61.8 Å². The molecule has 0 aliphatic carbocycles. The van der Waals surface area contributed by atoms with Crippen molar-refractivity contribution in [2.45, 2.75) is 37.1 Å². The number of ether oxygens (including phenoxy) is 1. The molecule has 2 aliphatic heterocycles. The van der Waals surface area contributed by atoms with Gasteiger partial charge in [0.2, 0.25) is 0 Å². The SMILES string of the molecule is CN[C@H]1C[C@H](C(=O)N2CCc3ccccc3[C@@H]2c2ccc(F)cc2)OC[C@@H]1O. The van der Waals surface area contributed by atoms with Gasteiger partial charge in [-0.1, -0.05) is 36.4 Å². The number of nitrogens with zero attached hydrogens (tertiary/aromatic N) is 1.